The van der Waals surface area contributed by atoms with Crippen molar-refractivity contribution < 1.29 is 17.9 Å². The van der Waals surface area contributed by atoms with E-state index in [1.165, 1.54) is 19.2 Å². The molecule has 0 saturated carbocycles. The molecule has 1 aliphatic rings. The number of aryl methyl sites for hydroxylation is 1. The molecule has 3 rings (SSSR count). The maximum absolute atomic E-state index is 12.6. The van der Waals surface area contributed by atoms with Gasteiger partial charge in [0, 0.05) is 38.4 Å². The predicted octanol–water partition coefficient (Wildman–Crippen LogP) is 2.24. The van der Waals surface area contributed by atoms with E-state index in [-0.39, 0.29) is 16.7 Å². The van der Waals surface area contributed by atoms with Crippen molar-refractivity contribution in [3.63, 3.8) is 0 Å². The Kier molecular flexibility index (Phi) is 7.22. The lowest BCUT2D eigenvalue weighted by molar-refractivity contribution is -0.132. The summed E-state index contributed by atoms with van der Waals surface area (Å²) in [7, 11) is -2.05. The number of carbonyl (C=O) groups excluding carboxylic acids is 1. The minimum Gasteiger partial charge on any atom is -0.497 e. The highest BCUT2D eigenvalue weighted by molar-refractivity contribution is 7.89. The topological polar surface area (TPSA) is 88.6 Å². The molecule has 1 saturated heterocycles. The number of hydrogen-bond acceptors (Lipinski definition) is 5. The first-order valence-electron chi connectivity index (χ1n) is 9.78. The lowest BCUT2D eigenvalue weighted by atomic mass is 9.98. The Labute approximate surface area is 172 Å². The minimum absolute atomic E-state index is 0.113. The number of piperidine rings is 1. The number of benzene rings is 1. The van der Waals surface area contributed by atoms with Crippen LogP contribution in [-0.4, -0.2) is 51.0 Å². The van der Waals surface area contributed by atoms with E-state index >= 15 is 0 Å². The van der Waals surface area contributed by atoms with E-state index < -0.39 is 10.0 Å². The van der Waals surface area contributed by atoms with Gasteiger partial charge in [-0.05, 0) is 67.1 Å². The standard InChI is InChI=1S/C21H27N3O4S/c1-28-19-5-7-20(8-6-19)29(26,27)23-15-18-3-2-14-24(16-18)21(25)9-4-17-10-12-22-13-11-17/h5-8,10-13,18,23H,2-4,9,14-16H2,1H3. The summed E-state index contributed by atoms with van der Waals surface area (Å²) in [5, 5.41) is 0. The van der Waals surface area contributed by atoms with Gasteiger partial charge in [-0.15, -0.1) is 0 Å². The number of hydrogen-bond donors (Lipinski definition) is 1. The molecule has 2 heterocycles. The molecule has 2 aromatic rings. The number of likely N-dealkylation sites (tertiary alicyclic amines) is 1. The summed E-state index contributed by atoms with van der Waals surface area (Å²) in [6.07, 6.45) is 6.38. The van der Waals surface area contributed by atoms with Gasteiger partial charge in [0.2, 0.25) is 15.9 Å². The average molecular weight is 418 g/mol. The Morgan fingerprint density at radius 2 is 1.93 bits per heavy atom. The summed E-state index contributed by atoms with van der Waals surface area (Å²) in [4.78, 5) is 18.6. The van der Waals surface area contributed by atoms with Crippen LogP contribution in [0, 0.1) is 5.92 Å². The summed E-state index contributed by atoms with van der Waals surface area (Å²) in [5.41, 5.74) is 1.09. The third-order valence-electron chi connectivity index (χ3n) is 5.18. The summed E-state index contributed by atoms with van der Waals surface area (Å²) >= 11 is 0. The molecule has 1 unspecified atom stereocenters. The van der Waals surface area contributed by atoms with Crippen LogP contribution in [0.3, 0.4) is 0 Å². The number of nitrogens with one attached hydrogen (secondary N) is 1. The smallest absolute Gasteiger partial charge is 0.240 e. The molecule has 0 aliphatic carbocycles. The molecule has 1 N–H and O–H groups in total. The van der Waals surface area contributed by atoms with Crippen molar-refractivity contribution in [2.45, 2.75) is 30.6 Å². The molecule has 29 heavy (non-hydrogen) atoms. The zero-order valence-electron chi connectivity index (χ0n) is 16.6. The molecular weight excluding hydrogens is 390 g/mol. The van der Waals surface area contributed by atoms with Crippen LogP contribution in [0.4, 0.5) is 0 Å². The van der Waals surface area contributed by atoms with Crippen molar-refractivity contribution in [2.75, 3.05) is 26.7 Å². The Morgan fingerprint density at radius 3 is 2.62 bits per heavy atom. The first-order chi connectivity index (χ1) is 14.0. The number of amides is 1. The number of methoxy groups -OCH3 is 1. The second kappa shape index (κ2) is 9.84. The molecule has 1 amide bonds. The van der Waals surface area contributed by atoms with Gasteiger partial charge in [0.15, 0.2) is 0 Å². The second-order valence-corrected chi connectivity index (χ2v) is 9.00. The van der Waals surface area contributed by atoms with Gasteiger partial charge in [0.25, 0.3) is 0 Å². The molecule has 1 atom stereocenters. The number of pyridine rings is 1. The van der Waals surface area contributed by atoms with Crippen molar-refractivity contribution in [3.05, 3.63) is 54.4 Å². The molecule has 1 aliphatic heterocycles. The molecule has 1 aromatic carbocycles. The molecule has 1 fully saturated rings. The first kappa shape index (κ1) is 21.3. The highest BCUT2D eigenvalue weighted by Crippen LogP contribution is 2.19. The number of rotatable bonds is 8. The van der Waals surface area contributed by atoms with Gasteiger partial charge in [-0.25, -0.2) is 13.1 Å². The fourth-order valence-corrected chi connectivity index (χ4v) is 4.60. The molecule has 8 heteroatoms. The Balaban J connectivity index is 1.50. The van der Waals surface area contributed by atoms with Crippen LogP contribution in [0.15, 0.2) is 53.7 Å². The largest absolute Gasteiger partial charge is 0.497 e. The Morgan fingerprint density at radius 1 is 1.21 bits per heavy atom. The van der Waals surface area contributed by atoms with Crippen molar-refractivity contribution in [1.29, 1.82) is 0 Å². The third-order valence-corrected chi connectivity index (χ3v) is 6.62. The average Bonchev–Trinajstić information content (AvgIpc) is 2.77. The lowest BCUT2D eigenvalue weighted by Gasteiger charge is -2.33. The second-order valence-electron chi connectivity index (χ2n) is 7.23. The number of carbonyl (C=O) groups is 1. The van der Waals surface area contributed by atoms with E-state index in [0.29, 0.717) is 31.7 Å². The molecule has 0 bridgehead atoms. The maximum Gasteiger partial charge on any atom is 0.240 e. The third kappa shape index (κ3) is 6.01. The summed E-state index contributed by atoms with van der Waals surface area (Å²) in [5.74, 6) is 0.836. The Hall–Kier alpha value is -2.45. The molecular formula is C21H27N3O4S. The number of ether oxygens (including phenoxy) is 1. The predicted molar refractivity (Wildman–Crippen MR) is 110 cm³/mol. The van der Waals surface area contributed by atoms with Crippen LogP contribution in [-0.2, 0) is 21.2 Å². The van der Waals surface area contributed by atoms with Crippen LogP contribution in [0.5, 0.6) is 5.75 Å². The van der Waals surface area contributed by atoms with Gasteiger partial charge in [-0.3, -0.25) is 9.78 Å². The SMILES string of the molecule is COc1ccc(S(=O)(=O)NCC2CCCN(C(=O)CCc3ccncc3)C2)cc1. The normalized spacial score (nSPS) is 17.1. The quantitative estimate of drug-likeness (QED) is 0.712. The highest BCUT2D eigenvalue weighted by atomic mass is 32.2. The van der Waals surface area contributed by atoms with Crippen molar-refractivity contribution in [3.8, 4) is 5.75 Å². The monoisotopic (exact) mass is 417 g/mol. The van der Waals surface area contributed by atoms with Crippen molar-refractivity contribution in [1.82, 2.24) is 14.6 Å². The van der Waals surface area contributed by atoms with E-state index in [9.17, 15) is 13.2 Å². The van der Waals surface area contributed by atoms with Crippen LogP contribution in [0.25, 0.3) is 0 Å². The summed E-state index contributed by atoms with van der Waals surface area (Å²) < 4.78 is 32.8. The molecule has 0 spiro atoms. The van der Waals surface area contributed by atoms with Gasteiger partial charge in [-0.2, -0.15) is 0 Å². The molecule has 1 aromatic heterocycles. The van der Waals surface area contributed by atoms with Gasteiger partial charge in [-0.1, -0.05) is 0 Å². The van der Waals surface area contributed by atoms with Gasteiger partial charge in [0.05, 0.1) is 12.0 Å². The lowest BCUT2D eigenvalue weighted by Crippen LogP contribution is -2.43. The maximum atomic E-state index is 12.6. The van der Waals surface area contributed by atoms with Gasteiger partial charge < -0.3 is 9.64 Å². The number of aromatic nitrogens is 1. The fraction of sp³-hybridized carbons (Fsp3) is 0.429. The molecule has 0 radical (unpaired) electrons. The van der Waals surface area contributed by atoms with E-state index in [0.717, 1.165) is 24.9 Å². The summed E-state index contributed by atoms with van der Waals surface area (Å²) in [6.45, 7) is 1.64. The summed E-state index contributed by atoms with van der Waals surface area (Å²) in [6, 6.07) is 10.1. The van der Waals surface area contributed by atoms with Crippen molar-refractivity contribution >= 4 is 15.9 Å². The van der Waals surface area contributed by atoms with Crippen LogP contribution in [0.1, 0.15) is 24.8 Å². The Bertz CT molecular complexity index is 901. The van der Waals surface area contributed by atoms with Gasteiger partial charge >= 0.3 is 0 Å². The van der Waals surface area contributed by atoms with E-state index in [1.54, 1.807) is 24.5 Å². The number of nitrogens with zero attached hydrogens (tertiary/aromatic N) is 2. The first-order valence-corrected chi connectivity index (χ1v) is 11.3. The van der Waals surface area contributed by atoms with E-state index in [1.807, 2.05) is 17.0 Å². The highest BCUT2D eigenvalue weighted by Gasteiger charge is 2.25. The van der Waals surface area contributed by atoms with Gasteiger partial charge in [0.1, 0.15) is 5.75 Å². The van der Waals surface area contributed by atoms with Crippen LogP contribution in [0.2, 0.25) is 0 Å². The minimum atomic E-state index is -3.58. The van der Waals surface area contributed by atoms with Crippen molar-refractivity contribution in [2.24, 2.45) is 5.92 Å². The fourth-order valence-electron chi connectivity index (χ4n) is 3.48. The molecule has 7 nitrogen and oxygen atoms in total. The van der Waals surface area contributed by atoms with E-state index in [4.69, 9.17) is 4.74 Å². The number of sulfonamides is 1. The molecule has 156 valence electrons. The van der Waals surface area contributed by atoms with E-state index in [2.05, 4.69) is 9.71 Å². The zero-order valence-corrected chi connectivity index (χ0v) is 17.4. The van der Waals surface area contributed by atoms with Crippen LogP contribution >= 0.6 is 0 Å². The van der Waals surface area contributed by atoms with Crippen LogP contribution < -0.4 is 9.46 Å². The zero-order chi connectivity index (χ0) is 20.7.